The van der Waals surface area contributed by atoms with E-state index in [4.69, 9.17) is 11.6 Å². The summed E-state index contributed by atoms with van der Waals surface area (Å²) in [6.45, 7) is 6.33. The molecule has 1 N–H and O–H groups in total. The highest BCUT2D eigenvalue weighted by atomic mass is 35.5. The zero-order chi connectivity index (χ0) is 14.3. The van der Waals surface area contributed by atoms with Gasteiger partial charge in [0.25, 0.3) is 0 Å². The van der Waals surface area contributed by atoms with Crippen molar-refractivity contribution in [3.63, 3.8) is 0 Å². The molecule has 0 bridgehead atoms. The fourth-order valence-corrected chi connectivity index (χ4v) is 3.10. The number of hydrogen-bond acceptors (Lipinski definition) is 3. The van der Waals surface area contributed by atoms with Crippen molar-refractivity contribution < 1.29 is 0 Å². The fourth-order valence-electron chi connectivity index (χ4n) is 2.07. The van der Waals surface area contributed by atoms with Crippen LogP contribution in [0, 0.1) is 0 Å². The molecule has 1 atom stereocenters. The van der Waals surface area contributed by atoms with E-state index in [1.54, 1.807) is 0 Å². The number of thioether (sulfide) groups is 1. The van der Waals surface area contributed by atoms with Gasteiger partial charge < -0.3 is 10.2 Å². The summed E-state index contributed by atoms with van der Waals surface area (Å²) in [6, 6.07) is 6.64. The molecule has 1 aromatic carbocycles. The van der Waals surface area contributed by atoms with E-state index in [0.29, 0.717) is 6.04 Å². The van der Waals surface area contributed by atoms with Crippen molar-refractivity contribution in [2.45, 2.75) is 32.9 Å². The van der Waals surface area contributed by atoms with Crippen molar-refractivity contribution in [1.29, 1.82) is 0 Å². The third kappa shape index (κ3) is 4.90. The van der Waals surface area contributed by atoms with E-state index in [0.717, 1.165) is 36.0 Å². The minimum Gasteiger partial charge on any atom is -0.370 e. The van der Waals surface area contributed by atoms with Crippen molar-refractivity contribution in [2.24, 2.45) is 0 Å². The molecule has 108 valence electrons. The second-order valence-electron chi connectivity index (χ2n) is 4.84. The number of anilines is 1. The third-order valence-electron chi connectivity index (χ3n) is 3.23. The Morgan fingerprint density at radius 1 is 1.42 bits per heavy atom. The summed E-state index contributed by atoms with van der Waals surface area (Å²) in [4.78, 5) is 2.29. The van der Waals surface area contributed by atoms with Crippen molar-refractivity contribution >= 4 is 29.1 Å². The van der Waals surface area contributed by atoms with Crippen LogP contribution in [0.5, 0.6) is 0 Å². The number of halogens is 1. The van der Waals surface area contributed by atoms with Crippen LogP contribution in [0.4, 0.5) is 5.69 Å². The second kappa shape index (κ2) is 8.72. The van der Waals surface area contributed by atoms with Crippen LogP contribution >= 0.6 is 23.4 Å². The highest BCUT2D eigenvalue weighted by Crippen LogP contribution is 2.30. The highest BCUT2D eigenvalue weighted by Gasteiger charge is 2.16. The molecule has 1 rings (SSSR count). The van der Waals surface area contributed by atoms with Gasteiger partial charge in [-0.1, -0.05) is 30.7 Å². The maximum atomic E-state index is 6.41. The number of benzene rings is 1. The Kier molecular flexibility index (Phi) is 7.66. The molecule has 1 aromatic rings. The third-order valence-corrected chi connectivity index (χ3v) is 4.36. The lowest BCUT2D eigenvalue weighted by atomic mass is 10.1. The van der Waals surface area contributed by atoms with Gasteiger partial charge in [-0.3, -0.25) is 0 Å². The number of nitrogens with zero attached hydrogens (tertiary/aromatic N) is 1. The lowest BCUT2D eigenvalue weighted by Crippen LogP contribution is -2.32. The summed E-state index contributed by atoms with van der Waals surface area (Å²) in [5.74, 6) is 1.10. The molecule has 0 amide bonds. The molecule has 0 saturated carbocycles. The van der Waals surface area contributed by atoms with Crippen LogP contribution in [0.2, 0.25) is 5.02 Å². The molecule has 0 heterocycles. The first kappa shape index (κ1) is 16.7. The van der Waals surface area contributed by atoms with E-state index >= 15 is 0 Å². The molecule has 0 fully saturated rings. The molecule has 0 aliphatic rings. The lowest BCUT2D eigenvalue weighted by molar-refractivity contribution is 0.670. The molecule has 19 heavy (non-hydrogen) atoms. The smallest absolute Gasteiger partial charge is 0.0642 e. The quantitative estimate of drug-likeness (QED) is 0.730. The van der Waals surface area contributed by atoms with E-state index in [9.17, 15) is 0 Å². The predicted molar refractivity (Wildman–Crippen MR) is 89.7 cm³/mol. The summed E-state index contributed by atoms with van der Waals surface area (Å²) < 4.78 is 0. The van der Waals surface area contributed by atoms with E-state index in [1.807, 2.05) is 23.9 Å². The topological polar surface area (TPSA) is 15.3 Å². The van der Waals surface area contributed by atoms with Gasteiger partial charge in [-0.15, -0.1) is 0 Å². The fraction of sp³-hybridized carbons (Fsp3) is 0.600. The molecule has 0 aliphatic carbocycles. The molecule has 1 unspecified atom stereocenters. The zero-order valence-electron chi connectivity index (χ0n) is 12.4. The molecule has 0 saturated heterocycles. The van der Waals surface area contributed by atoms with Gasteiger partial charge in [0.05, 0.1) is 10.7 Å². The zero-order valence-corrected chi connectivity index (χ0v) is 13.9. The highest BCUT2D eigenvalue weighted by molar-refractivity contribution is 7.98. The molecule has 0 aliphatic heterocycles. The number of rotatable bonds is 8. The van der Waals surface area contributed by atoms with E-state index in [2.05, 4.69) is 43.4 Å². The monoisotopic (exact) mass is 300 g/mol. The maximum absolute atomic E-state index is 6.41. The summed E-state index contributed by atoms with van der Waals surface area (Å²) >= 11 is 8.27. The van der Waals surface area contributed by atoms with Crippen LogP contribution in [0.3, 0.4) is 0 Å². The van der Waals surface area contributed by atoms with E-state index in [1.165, 1.54) is 5.56 Å². The first-order chi connectivity index (χ1) is 9.11. The average molecular weight is 301 g/mol. The number of nitrogens with one attached hydrogen (secondary N) is 1. The Labute approximate surface area is 126 Å². The number of hydrogen-bond donors (Lipinski definition) is 1. The first-order valence-electron chi connectivity index (χ1n) is 6.81. The molecule has 0 spiro atoms. The standard InChI is InChI=1S/C15H25ClN2S/c1-5-9-17-10-13-7-6-8-14(16)15(13)18(3)12(2)11-19-4/h6-8,12,17H,5,9-11H2,1-4H3. The van der Waals surface area contributed by atoms with E-state index in [-0.39, 0.29) is 0 Å². The van der Waals surface area contributed by atoms with Gasteiger partial charge in [0.1, 0.15) is 0 Å². The number of para-hydroxylation sites is 1. The summed E-state index contributed by atoms with van der Waals surface area (Å²) in [5, 5.41) is 4.29. The molecule has 4 heteroatoms. The van der Waals surface area contributed by atoms with Crippen LogP contribution in [0.25, 0.3) is 0 Å². The van der Waals surface area contributed by atoms with Crippen molar-refractivity contribution in [2.75, 3.05) is 30.5 Å². The van der Waals surface area contributed by atoms with Crippen LogP contribution in [-0.4, -0.2) is 31.6 Å². The Hall–Kier alpha value is -0.380. The van der Waals surface area contributed by atoms with Crippen molar-refractivity contribution in [1.82, 2.24) is 5.32 Å². The normalized spacial score (nSPS) is 12.5. The summed E-state index contributed by atoms with van der Waals surface area (Å²) in [6.07, 6.45) is 3.29. The van der Waals surface area contributed by atoms with Gasteiger partial charge in [-0.2, -0.15) is 11.8 Å². The van der Waals surface area contributed by atoms with Gasteiger partial charge in [0, 0.05) is 25.4 Å². The Morgan fingerprint density at radius 3 is 2.79 bits per heavy atom. The minimum absolute atomic E-state index is 0.472. The van der Waals surface area contributed by atoms with Crippen LogP contribution < -0.4 is 10.2 Å². The Bertz CT molecular complexity index is 384. The van der Waals surface area contributed by atoms with Crippen molar-refractivity contribution in [3.8, 4) is 0 Å². The molecule has 2 nitrogen and oxygen atoms in total. The average Bonchev–Trinajstić information content (AvgIpc) is 2.39. The Balaban J connectivity index is 2.90. The molecular formula is C15H25ClN2S. The SMILES string of the molecule is CCCNCc1cccc(Cl)c1N(C)C(C)CSC. The second-order valence-corrected chi connectivity index (χ2v) is 6.16. The van der Waals surface area contributed by atoms with Crippen molar-refractivity contribution in [3.05, 3.63) is 28.8 Å². The maximum Gasteiger partial charge on any atom is 0.0642 e. The van der Waals surface area contributed by atoms with Gasteiger partial charge >= 0.3 is 0 Å². The van der Waals surface area contributed by atoms with Crippen LogP contribution in [0.15, 0.2) is 18.2 Å². The first-order valence-corrected chi connectivity index (χ1v) is 8.58. The lowest BCUT2D eigenvalue weighted by Gasteiger charge is -2.29. The molecule has 0 aromatic heterocycles. The van der Waals surface area contributed by atoms with Gasteiger partial charge in [0.15, 0.2) is 0 Å². The molecular weight excluding hydrogens is 276 g/mol. The van der Waals surface area contributed by atoms with Gasteiger partial charge in [-0.25, -0.2) is 0 Å². The molecule has 0 radical (unpaired) electrons. The van der Waals surface area contributed by atoms with Gasteiger partial charge in [-0.05, 0) is 37.8 Å². The summed E-state index contributed by atoms with van der Waals surface area (Å²) in [5.41, 5.74) is 2.44. The van der Waals surface area contributed by atoms with Crippen LogP contribution in [-0.2, 0) is 6.54 Å². The predicted octanol–water partition coefficient (Wildman–Crippen LogP) is 4.03. The van der Waals surface area contributed by atoms with E-state index < -0.39 is 0 Å². The summed E-state index contributed by atoms with van der Waals surface area (Å²) in [7, 11) is 2.13. The largest absolute Gasteiger partial charge is 0.370 e. The van der Waals surface area contributed by atoms with Crippen LogP contribution in [0.1, 0.15) is 25.8 Å². The Morgan fingerprint density at radius 2 is 2.16 bits per heavy atom. The van der Waals surface area contributed by atoms with Gasteiger partial charge in [0.2, 0.25) is 0 Å². The minimum atomic E-state index is 0.472.